The van der Waals surface area contributed by atoms with E-state index in [0.717, 1.165) is 45.2 Å². The summed E-state index contributed by atoms with van der Waals surface area (Å²) in [5.41, 5.74) is 2.77. The molecule has 1 aromatic heterocycles. The molecule has 0 saturated carbocycles. The van der Waals surface area contributed by atoms with E-state index in [9.17, 15) is 14.4 Å². The maximum Gasteiger partial charge on any atom is 0.420 e. The lowest BCUT2D eigenvalue weighted by atomic mass is 9.97. The molecule has 154 valence electrons. The van der Waals surface area contributed by atoms with Crippen LogP contribution in [0.25, 0.3) is 11.1 Å². The molecule has 1 fully saturated rings. The normalized spacial score (nSPS) is 16.8. The number of nitrogens with one attached hydrogen (secondary N) is 1. The number of hydrogen-bond donors (Lipinski definition) is 1. The number of amides is 2. The molecule has 4 rings (SSSR count). The van der Waals surface area contributed by atoms with Gasteiger partial charge in [0.1, 0.15) is 6.54 Å². The van der Waals surface area contributed by atoms with Gasteiger partial charge in [-0.15, -0.1) is 0 Å². The van der Waals surface area contributed by atoms with Gasteiger partial charge < -0.3 is 14.6 Å². The van der Waals surface area contributed by atoms with Gasteiger partial charge in [-0.05, 0) is 63.1 Å². The zero-order valence-electron chi connectivity index (χ0n) is 16.6. The van der Waals surface area contributed by atoms with Crippen molar-refractivity contribution < 1.29 is 14.0 Å². The Balaban J connectivity index is 1.44. The third-order valence-electron chi connectivity index (χ3n) is 5.76. The van der Waals surface area contributed by atoms with Crippen LogP contribution in [0.15, 0.2) is 39.1 Å². The molecule has 0 unspecified atom stereocenters. The fourth-order valence-electron chi connectivity index (χ4n) is 4.14. The molecule has 7 heteroatoms. The van der Waals surface area contributed by atoms with Crippen molar-refractivity contribution in [2.45, 2.75) is 51.5 Å². The molecule has 2 heterocycles. The predicted octanol–water partition coefficient (Wildman–Crippen LogP) is 2.84. The first-order valence-electron chi connectivity index (χ1n) is 10.5. The second kappa shape index (κ2) is 8.68. The average Bonchev–Trinajstić information content (AvgIpc) is 3.37. The Kier molecular flexibility index (Phi) is 5.83. The van der Waals surface area contributed by atoms with Crippen LogP contribution in [0, 0.1) is 0 Å². The van der Waals surface area contributed by atoms with Crippen molar-refractivity contribution in [3.8, 4) is 0 Å². The van der Waals surface area contributed by atoms with E-state index in [1.165, 1.54) is 23.0 Å². The highest BCUT2D eigenvalue weighted by atomic mass is 16.4. The van der Waals surface area contributed by atoms with Gasteiger partial charge in [-0.25, -0.2) is 4.79 Å². The van der Waals surface area contributed by atoms with E-state index in [-0.39, 0.29) is 18.4 Å². The molecule has 1 N–H and O–H groups in total. The third-order valence-corrected chi connectivity index (χ3v) is 5.76. The first-order chi connectivity index (χ1) is 14.1. The van der Waals surface area contributed by atoms with Crippen LogP contribution >= 0.6 is 0 Å². The summed E-state index contributed by atoms with van der Waals surface area (Å²) in [7, 11) is 0. The van der Waals surface area contributed by atoms with Crippen molar-refractivity contribution in [3.05, 3.63) is 46.0 Å². The molecule has 1 aliphatic heterocycles. The Morgan fingerprint density at radius 2 is 1.93 bits per heavy atom. The summed E-state index contributed by atoms with van der Waals surface area (Å²) >= 11 is 0. The monoisotopic (exact) mass is 397 g/mol. The Bertz CT molecular complexity index is 995. The highest BCUT2D eigenvalue weighted by Crippen LogP contribution is 2.20. The average molecular weight is 397 g/mol. The minimum absolute atomic E-state index is 0.0465. The number of likely N-dealkylation sites (tertiary alicyclic amines) is 1. The molecule has 7 nitrogen and oxygen atoms in total. The molecule has 1 aliphatic carbocycles. The van der Waals surface area contributed by atoms with Gasteiger partial charge in [0.05, 0.1) is 5.52 Å². The minimum Gasteiger partial charge on any atom is -0.408 e. The van der Waals surface area contributed by atoms with Crippen LogP contribution in [0.4, 0.5) is 0 Å². The second-order valence-electron chi connectivity index (χ2n) is 7.84. The van der Waals surface area contributed by atoms with Gasteiger partial charge in [-0.2, -0.15) is 0 Å². The standard InChI is InChI=1S/C22H27N3O4/c26-20(23-11-10-16-6-2-1-3-7-16)15-25-18-14-17(8-9-19(18)29-22(25)28)21(27)24-12-4-5-13-24/h6,8-9,14H,1-5,7,10-13,15H2,(H,23,26). The number of nitrogens with zero attached hydrogens (tertiary/aromatic N) is 2. The van der Waals surface area contributed by atoms with Crippen LogP contribution in [-0.2, 0) is 11.3 Å². The number of allylic oxidation sites excluding steroid dienone is 1. The minimum atomic E-state index is -0.587. The first kappa shape index (κ1) is 19.5. The van der Waals surface area contributed by atoms with Gasteiger partial charge in [-0.1, -0.05) is 11.6 Å². The summed E-state index contributed by atoms with van der Waals surface area (Å²) in [6, 6.07) is 4.96. The topological polar surface area (TPSA) is 84.5 Å². The molecule has 1 aromatic carbocycles. The quantitative estimate of drug-likeness (QED) is 0.760. The van der Waals surface area contributed by atoms with Crippen molar-refractivity contribution in [1.82, 2.24) is 14.8 Å². The van der Waals surface area contributed by atoms with E-state index in [0.29, 0.717) is 23.2 Å². The molecule has 0 bridgehead atoms. The maximum absolute atomic E-state index is 12.6. The zero-order chi connectivity index (χ0) is 20.2. The molecule has 2 aromatic rings. The summed E-state index contributed by atoms with van der Waals surface area (Å²) < 4.78 is 6.55. The van der Waals surface area contributed by atoms with Gasteiger partial charge >= 0.3 is 5.76 Å². The van der Waals surface area contributed by atoms with Crippen LogP contribution < -0.4 is 11.1 Å². The molecule has 1 saturated heterocycles. The summed E-state index contributed by atoms with van der Waals surface area (Å²) in [6.07, 6.45) is 9.84. The van der Waals surface area contributed by atoms with Gasteiger partial charge in [0.15, 0.2) is 5.58 Å². The number of benzene rings is 1. The molecule has 0 atom stereocenters. The summed E-state index contributed by atoms with van der Waals surface area (Å²) in [6.45, 7) is 1.96. The number of carbonyl (C=O) groups is 2. The fourth-order valence-corrected chi connectivity index (χ4v) is 4.14. The largest absolute Gasteiger partial charge is 0.420 e. The second-order valence-corrected chi connectivity index (χ2v) is 7.84. The Morgan fingerprint density at radius 3 is 2.69 bits per heavy atom. The fraction of sp³-hybridized carbons (Fsp3) is 0.500. The highest BCUT2D eigenvalue weighted by molar-refractivity contribution is 5.97. The van der Waals surface area contributed by atoms with Gasteiger partial charge in [0, 0.05) is 25.2 Å². The molecule has 29 heavy (non-hydrogen) atoms. The zero-order valence-corrected chi connectivity index (χ0v) is 16.6. The number of rotatable bonds is 6. The molecular weight excluding hydrogens is 370 g/mol. The smallest absolute Gasteiger partial charge is 0.408 e. The summed E-state index contributed by atoms with van der Waals surface area (Å²) in [4.78, 5) is 39.1. The number of aromatic nitrogens is 1. The van der Waals surface area contributed by atoms with Crippen LogP contribution in [0.3, 0.4) is 0 Å². The van der Waals surface area contributed by atoms with Gasteiger partial charge in [0.25, 0.3) is 5.91 Å². The van der Waals surface area contributed by atoms with Crippen molar-refractivity contribution in [1.29, 1.82) is 0 Å². The Labute approximate surface area is 169 Å². The van der Waals surface area contributed by atoms with Crippen molar-refractivity contribution >= 4 is 22.9 Å². The van der Waals surface area contributed by atoms with E-state index < -0.39 is 5.76 Å². The summed E-state index contributed by atoms with van der Waals surface area (Å²) in [5, 5.41) is 2.89. The Morgan fingerprint density at radius 1 is 1.10 bits per heavy atom. The van der Waals surface area contributed by atoms with Crippen molar-refractivity contribution in [3.63, 3.8) is 0 Å². The van der Waals surface area contributed by atoms with Gasteiger partial charge in [0.2, 0.25) is 5.91 Å². The lowest BCUT2D eigenvalue weighted by Crippen LogP contribution is -2.31. The van der Waals surface area contributed by atoms with Crippen LogP contribution in [0.2, 0.25) is 0 Å². The van der Waals surface area contributed by atoms with Crippen LogP contribution in [0.1, 0.15) is 55.3 Å². The molecular formula is C22H27N3O4. The molecule has 0 radical (unpaired) electrons. The van der Waals surface area contributed by atoms with E-state index in [1.807, 2.05) is 4.90 Å². The molecule has 2 amide bonds. The number of carbonyl (C=O) groups excluding carboxylic acids is 2. The summed E-state index contributed by atoms with van der Waals surface area (Å²) in [5.74, 6) is -0.867. The third kappa shape index (κ3) is 4.44. The van der Waals surface area contributed by atoms with Crippen molar-refractivity contribution in [2.75, 3.05) is 19.6 Å². The van der Waals surface area contributed by atoms with Crippen LogP contribution in [0.5, 0.6) is 0 Å². The van der Waals surface area contributed by atoms with E-state index >= 15 is 0 Å². The van der Waals surface area contributed by atoms with E-state index in [1.54, 1.807) is 18.2 Å². The van der Waals surface area contributed by atoms with Crippen LogP contribution in [-0.4, -0.2) is 40.9 Å². The lowest BCUT2D eigenvalue weighted by Gasteiger charge is -2.15. The first-order valence-corrected chi connectivity index (χ1v) is 10.5. The molecule has 2 aliphatic rings. The number of hydrogen-bond acceptors (Lipinski definition) is 4. The lowest BCUT2D eigenvalue weighted by molar-refractivity contribution is -0.121. The predicted molar refractivity (Wildman–Crippen MR) is 110 cm³/mol. The van der Waals surface area contributed by atoms with E-state index in [2.05, 4.69) is 11.4 Å². The Hall–Kier alpha value is -2.83. The highest BCUT2D eigenvalue weighted by Gasteiger charge is 2.21. The number of fused-ring (bicyclic) bond motifs is 1. The van der Waals surface area contributed by atoms with Crippen molar-refractivity contribution in [2.24, 2.45) is 0 Å². The number of oxazole rings is 1. The van der Waals surface area contributed by atoms with Gasteiger partial charge in [-0.3, -0.25) is 14.2 Å². The maximum atomic E-state index is 12.6. The SMILES string of the molecule is O=C(Cn1c(=O)oc2ccc(C(=O)N3CCCC3)cc21)NCCC1=CCCCC1. The molecule has 0 spiro atoms. The van der Waals surface area contributed by atoms with E-state index in [4.69, 9.17) is 4.42 Å².